The quantitative estimate of drug-likeness (QED) is 0.232. The standard InChI is InChI=1S/C27H27N5O4/c1-3-36-20-10-8-19(9-11-20)24-22(25(33)23-18(2)29-21-7-4-5-14-31(21)23)26(34)27(35)32(24)15-6-13-30-16-12-28-17-30/h4-5,7-12,14,16-17,24,33H,3,6,13,15H2,1-2H3/b25-22+. The molecular weight excluding hydrogens is 458 g/mol. The number of imidazole rings is 2. The second kappa shape index (κ2) is 9.69. The third-order valence-electron chi connectivity index (χ3n) is 6.35. The number of amides is 1. The van der Waals surface area contributed by atoms with Crippen LogP contribution in [0.5, 0.6) is 5.75 Å². The fourth-order valence-corrected chi connectivity index (χ4v) is 4.74. The molecule has 1 N–H and O–H groups in total. The highest BCUT2D eigenvalue weighted by Crippen LogP contribution is 2.40. The lowest BCUT2D eigenvalue weighted by Crippen LogP contribution is -2.31. The fraction of sp³-hybridized carbons (Fsp3) is 0.259. The Morgan fingerprint density at radius 2 is 1.89 bits per heavy atom. The normalized spacial score (nSPS) is 17.3. The van der Waals surface area contributed by atoms with Crippen molar-refractivity contribution >= 4 is 23.1 Å². The molecular formula is C27H27N5O4. The van der Waals surface area contributed by atoms with E-state index in [0.29, 0.717) is 54.5 Å². The van der Waals surface area contributed by atoms with E-state index in [0.717, 1.165) is 0 Å². The number of hydrogen-bond acceptors (Lipinski definition) is 6. The molecule has 1 saturated heterocycles. The Bertz CT molecular complexity index is 1440. The van der Waals surface area contributed by atoms with E-state index in [1.165, 1.54) is 0 Å². The topological polar surface area (TPSA) is 102 Å². The van der Waals surface area contributed by atoms with Crippen LogP contribution in [0.4, 0.5) is 0 Å². The molecule has 1 aliphatic heterocycles. The Labute approximate surface area is 208 Å². The maximum atomic E-state index is 13.4. The number of nitrogens with zero attached hydrogens (tertiary/aromatic N) is 5. The van der Waals surface area contributed by atoms with Crippen LogP contribution in [-0.2, 0) is 16.1 Å². The zero-order chi connectivity index (χ0) is 25.2. The van der Waals surface area contributed by atoms with Gasteiger partial charge in [0.1, 0.15) is 17.1 Å². The highest BCUT2D eigenvalue weighted by atomic mass is 16.5. The third-order valence-corrected chi connectivity index (χ3v) is 6.35. The summed E-state index contributed by atoms with van der Waals surface area (Å²) in [5.74, 6) is -0.886. The summed E-state index contributed by atoms with van der Waals surface area (Å²) >= 11 is 0. The molecule has 0 radical (unpaired) electrons. The first kappa shape index (κ1) is 23.3. The minimum Gasteiger partial charge on any atom is -0.505 e. The molecule has 0 spiro atoms. The molecule has 9 nitrogen and oxygen atoms in total. The predicted molar refractivity (Wildman–Crippen MR) is 133 cm³/mol. The number of benzene rings is 1. The molecule has 3 aromatic heterocycles. The number of Topliss-reactive ketones (excluding diaryl/α,β-unsaturated/α-hetero) is 1. The fourth-order valence-electron chi connectivity index (χ4n) is 4.74. The molecule has 184 valence electrons. The predicted octanol–water partition coefficient (Wildman–Crippen LogP) is 3.75. The number of ether oxygens (including phenoxy) is 1. The lowest BCUT2D eigenvalue weighted by atomic mass is 9.96. The minimum atomic E-state index is -0.739. The Hall–Kier alpha value is -4.40. The first-order valence-corrected chi connectivity index (χ1v) is 11.9. The van der Waals surface area contributed by atoms with Gasteiger partial charge in [0.05, 0.1) is 30.2 Å². The van der Waals surface area contributed by atoms with Crippen molar-refractivity contribution < 1.29 is 19.4 Å². The molecule has 1 atom stereocenters. The van der Waals surface area contributed by atoms with Crippen LogP contribution in [0.1, 0.15) is 36.3 Å². The maximum Gasteiger partial charge on any atom is 0.295 e. The molecule has 1 amide bonds. The monoisotopic (exact) mass is 485 g/mol. The van der Waals surface area contributed by atoms with Gasteiger partial charge in [-0.15, -0.1) is 0 Å². The number of fused-ring (bicyclic) bond motifs is 1. The largest absolute Gasteiger partial charge is 0.505 e. The van der Waals surface area contributed by atoms with Gasteiger partial charge in [0, 0.05) is 31.7 Å². The van der Waals surface area contributed by atoms with E-state index >= 15 is 0 Å². The number of ketones is 1. The van der Waals surface area contributed by atoms with Crippen LogP contribution in [0, 0.1) is 6.92 Å². The van der Waals surface area contributed by atoms with Gasteiger partial charge in [-0.1, -0.05) is 18.2 Å². The van der Waals surface area contributed by atoms with Crippen LogP contribution >= 0.6 is 0 Å². The molecule has 9 heteroatoms. The lowest BCUT2D eigenvalue weighted by Gasteiger charge is -2.25. The van der Waals surface area contributed by atoms with Crippen molar-refractivity contribution in [3.05, 3.63) is 89.9 Å². The molecule has 5 rings (SSSR count). The van der Waals surface area contributed by atoms with Gasteiger partial charge in [-0.3, -0.25) is 14.0 Å². The third kappa shape index (κ3) is 4.13. The van der Waals surface area contributed by atoms with Gasteiger partial charge in [-0.05, 0) is 50.1 Å². The Balaban J connectivity index is 1.59. The molecule has 4 aromatic rings. The zero-order valence-corrected chi connectivity index (χ0v) is 20.2. The molecule has 0 bridgehead atoms. The van der Waals surface area contributed by atoms with E-state index in [9.17, 15) is 14.7 Å². The van der Waals surface area contributed by atoms with Crippen LogP contribution in [0.3, 0.4) is 0 Å². The van der Waals surface area contributed by atoms with Crippen molar-refractivity contribution in [3.8, 4) is 5.75 Å². The zero-order valence-electron chi connectivity index (χ0n) is 20.2. The molecule has 4 heterocycles. The number of carbonyl (C=O) groups excluding carboxylic acids is 2. The van der Waals surface area contributed by atoms with Crippen molar-refractivity contribution in [2.24, 2.45) is 0 Å². The number of carbonyl (C=O) groups is 2. The van der Waals surface area contributed by atoms with Crippen molar-refractivity contribution in [3.63, 3.8) is 0 Å². The van der Waals surface area contributed by atoms with Crippen LogP contribution < -0.4 is 4.74 Å². The molecule has 1 unspecified atom stereocenters. The molecule has 1 aliphatic rings. The van der Waals surface area contributed by atoms with Crippen molar-refractivity contribution in [2.75, 3.05) is 13.2 Å². The summed E-state index contributed by atoms with van der Waals surface area (Å²) in [4.78, 5) is 36.7. The average molecular weight is 486 g/mol. The van der Waals surface area contributed by atoms with E-state index in [1.54, 1.807) is 34.9 Å². The summed E-state index contributed by atoms with van der Waals surface area (Å²) in [6, 6.07) is 12.0. The van der Waals surface area contributed by atoms with Crippen LogP contribution in [0.2, 0.25) is 0 Å². The van der Waals surface area contributed by atoms with E-state index in [1.807, 2.05) is 60.2 Å². The highest BCUT2D eigenvalue weighted by molar-refractivity contribution is 6.46. The summed E-state index contributed by atoms with van der Waals surface area (Å²) in [6.07, 6.45) is 7.66. The Kier molecular flexibility index (Phi) is 6.28. The van der Waals surface area contributed by atoms with Crippen molar-refractivity contribution in [1.29, 1.82) is 0 Å². The van der Waals surface area contributed by atoms with E-state index < -0.39 is 17.7 Å². The van der Waals surface area contributed by atoms with E-state index in [4.69, 9.17) is 4.74 Å². The van der Waals surface area contributed by atoms with Crippen LogP contribution in [-0.4, -0.2) is 53.8 Å². The van der Waals surface area contributed by atoms with Gasteiger partial charge in [0.2, 0.25) is 0 Å². The summed E-state index contributed by atoms with van der Waals surface area (Å²) in [6.45, 7) is 5.19. The Morgan fingerprint density at radius 1 is 1.08 bits per heavy atom. The summed E-state index contributed by atoms with van der Waals surface area (Å²) in [5, 5.41) is 11.5. The number of aliphatic hydroxyl groups excluding tert-OH is 1. The Morgan fingerprint density at radius 3 is 2.61 bits per heavy atom. The lowest BCUT2D eigenvalue weighted by molar-refractivity contribution is -0.139. The SMILES string of the molecule is CCOc1ccc(C2/C(=C(\O)c3c(C)nc4ccccn34)C(=O)C(=O)N2CCCn2ccnc2)cc1. The van der Waals surface area contributed by atoms with E-state index in [2.05, 4.69) is 9.97 Å². The van der Waals surface area contributed by atoms with Gasteiger partial charge in [-0.25, -0.2) is 9.97 Å². The minimum absolute atomic E-state index is 0.0561. The van der Waals surface area contributed by atoms with Gasteiger partial charge >= 0.3 is 0 Å². The summed E-state index contributed by atoms with van der Waals surface area (Å²) < 4.78 is 9.22. The maximum absolute atomic E-state index is 13.4. The number of pyridine rings is 1. The molecule has 1 aromatic carbocycles. The molecule has 36 heavy (non-hydrogen) atoms. The van der Waals surface area contributed by atoms with E-state index in [-0.39, 0.29) is 11.3 Å². The smallest absolute Gasteiger partial charge is 0.295 e. The van der Waals surface area contributed by atoms with Crippen molar-refractivity contribution in [1.82, 2.24) is 23.8 Å². The summed E-state index contributed by atoms with van der Waals surface area (Å²) in [7, 11) is 0. The molecule has 0 aliphatic carbocycles. The number of hydrogen-bond donors (Lipinski definition) is 1. The molecule has 1 fully saturated rings. The van der Waals surface area contributed by atoms with Crippen molar-refractivity contribution in [2.45, 2.75) is 32.9 Å². The summed E-state index contributed by atoms with van der Waals surface area (Å²) in [5.41, 5.74) is 2.38. The average Bonchev–Trinajstić information content (AvgIpc) is 3.57. The number of rotatable bonds is 8. The van der Waals surface area contributed by atoms with Gasteiger partial charge in [0.25, 0.3) is 11.7 Å². The number of aliphatic hydroxyl groups is 1. The second-order valence-corrected chi connectivity index (χ2v) is 8.62. The molecule has 0 saturated carbocycles. The van der Waals surface area contributed by atoms with Crippen LogP contribution in [0.15, 0.2) is 73.0 Å². The van der Waals surface area contributed by atoms with Gasteiger partial charge < -0.3 is 19.3 Å². The first-order chi connectivity index (χ1) is 17.5. The number of aromatic nitrogens is 4. The number of aryl methyl sites for hydroxylation is 2. The number of likely N-dealkylation sites (tertiary alicyclic amines) is 1. The first-order valence-electron chi connectivity index (χ1n) is 11.9. The second-order valence-electron chi connectivity index (χ2n) is 8.62. The van der Waals surface area contributed by atoms with Crippen LogP contribution in [0.25, 0.3) is 11.4 Å². The highest BCUT2D eigenvalue weighted by Gasteiger charge is 2.46. The van der Waals surface area contributed by atoms with Gasteiger partial charge in [0.15, 0.2) is 5.76 Å². The van der Waals surface area contributed by atoms with Gasteiger partial charge in [-0.2, -0.15) is 0 Å².